The first-order valence-corrected chi connectivity index (χ1v) is 7.16. The fraction of sp³-hybridized carbons (Fsp3) is 0.733. The van der Waals surface area contributed by atoms with Crippen LogP contribution in [0.4, 0.5) is 0 Å². The van der Waals surface area contributed by atoms with E-state index in [9.17, 15) is 9.59 Å². The minimum absolute atomic E-state index is 0.308. The maximum atomic E-state index is 12.4. The quantitative estimate of drug-likeness (QED) is 0.804. The van der Waals surface area contributed by atoms with Gasteiger partial charge in [-0.1, -0.05) is 27.7 Å². The van der Waals surface area contributed by atoms with Crippen LogP contribution in [0.5, 0.6) is 0 Å². The van der Waals surface area contributed by atoms with Crippen molar-refractivity contribution in [2.24, 2.45) is 17.6 Å². The molecule has 0 fully saturated rings. The Kier molecular flexibility index (Phi) is 5.74. The smallest absolute Gasteiger partial charge is 0.257 e. The first-order chi connectivity index (χ1) is 9.27. The zero-order valence-corrected chi connectivity index (χ0v) is 13.1. The Labute approximate surface area is 121 Å². The minimum atomic E-state index is -0.641. The molecule has 0 radical (unpaired) electrons. The number of nitrogens with two attached hydrogens (primary N) is 1. The van der Waals surface area contributed by atoms with Crippen molar-refractivity contribution < 1.29 is 14.3 Å². The molecule has 5 heteroatoms. The summed E-state index contributed by atoms with van der Waals surface area (Å²) in [5.41, 5.74) is 5.93. The fourth-order valence-corrected chi connectivity index (χ4v) is 2.48. The van der Waals surface area contributed by atoms with Gasteiger partial charge in [0.15, 0.2) is 0 Å². The first-order valence-electron chi connectivity index (χ1n) is 7.16. The predicted octanol–water partition coefficient (Wildman–Crippen LogP) is 1.67. The summed E-state index contributed by atoms with van der Waals surface area (Å²) in [4.78, 5) is 25.8. The van der Waals surface area contributed by atoms with Crippen LogP contribution in [0.15, 0.2) is 11.8 Å². The molecule has 2 amide bonds. The molecule has 0 unspecified atom stereocenters. The van der Waals surface area contributed by atoms with E-state index in [4.69, 9.17) is 10.5 Å². The third kappa shape index (κ3) is 3.82. The van der Waals surface area contributed by atoms with Gasteiger partial charge in [0, 0.05) is 6.08 Å². The van der Waals surface area contributed by atoms with Crippen molar-refractivity contribution in [2.45, 2.75) is 52.6 Å². The monoisotopic (exact) mass is 282 g/mol. The third-order valence-electron chi connectivity index (χ3n) is 3.35. The lowest BCUT2D eigenvalue weighted by Gasteiger charge is -2.28. The highest BCUT2D eigenvalue weighted by atomic mass is 16.5. The van der Waals surface area contributed by atoms with E-state index in [1.165, 1.54) is 18.1 Å². The van der Waals surface area contributed by atoms with Crippen molar-refractivity contribution in [3.8, 4) is 0 Å². The zero-order valence-electron chi connectivity index (χ0n) is 13.1. The van der Waals surface area contributed by atoms with Crippen molar-refractivity contribution in [3.63, 3.8) is 0 Å². The number of hydrogen-bond acceptors (Lipinski definition) is 4. The second kappa shape index (κ2) is 6.88. The van der Waals surface area contributed by atoms with Gasteiger partial charge in [-0.15, -0.1) is 0 Å². The Hall–Kier alpha value is -1.36. The van der Waals surface area contributed by atoms with Gasteiger partial charge in [-0.05, 0) is 24.7 Å². The summed E-state index contributed by atoms with van der Waals surface area (Å²) in [6.07, 6.45) is 2.65. The van der Waals surface area contributed by atoms with Gasteiger partial charge in [0.25, 0.3) is 5.91 Å². The molecule has 1 aliphatic heterocycles. The van der Waals surface area contributed by atoms with Crippen LogP contribution < -0.4 is 5.73 Å². The van der Waals surface area contributed by atoms with Crippen molar-refractivity contribution >= 4 is 11.8 Å². The van der Waals surface area contributed by atoms with Gasteiger partial charge in [0.1, 0.15) is 5.76 Å². The average Bonchev–Trinajstić information content (AvgIpc) is 2.63. The molecule has 1 aliphatic rings. The molecule has 0 bridgehead atoms. The molecule has 0 spiro atoms. The van der Waals surface area contributed by atoms with Gasteiger partial charge in [-0.2, -0.15) is 0 Å². The van der Waals surface area contributed by atoms with E-state index in [1.807, 2.05) is 27.7 Å². The van der Waals surface area contributed by atoms with Crippen LogP contribution in [-0.2, 0) is 14.3 Å². The lowest BCUT2D eigenvalue weighted by molar-refractivity contribution is -0.144. The van der Waals surface area contributed by atoms with Crippen LogP contribution in [-0.4, -0.2) is 35.9 Å². The number of amides is 2. The van der Waals surface area contributed by atoms with Crippen LogP contribution in [0, 0.1) is 11.8 Å². The number of methoxy groups -OCH3 is 1. The van der Waals surface area contributed by atoms with E-state index < -0.39 is 6.04 Å². The molecule has 0 aromatic heterocycles. The SMILES string of the molecule is COC1=CC(=O)N(C(=O)[C@H](N)CC(C)C)[C@H]1CC(C)C. The summed E-state index contributed by atoms with van der Waals surface area (Å²) >= 11 is 0. The minimum Gasteiger partial charge on any atom is -0.499 e. The van der Waals surface area contributed by atoms with E-state index in [1.54, 1.807) is 0 Å². The third-order valence-corrected chi connectivity index (χ3v) is 3.35. The predicted molar refractivity (Wildman–Crippen MR) is 77.6 cm³/mol. The van der Waals surface area contributed by atoms with Crippen molar-refractivity contribution in [1.29, 1.82) is 0 Å². The second-order valence-electron chi connectivity index (χ2n) is 6.18. The molecule has 1 heterocycles. The molecule has 2 N–H and O–H groups in total. The van der Waals surface area contributed by atoms with Gasteiger partial charge >= 0.3 is 0 Å². The number of rotatable bonds is 6. The molecule has 0 saturated heterocycles. The van der Waals surface area contributed by atoms with E-state index in [0.717, 1.165) is 0 Å². The Balaban J connectivity index is 2.90. The summed E-state index contributed by atoms with van der Waals surface area (Å²) in [6, 6.07) is -0.962. The molecule has 5 nitrogen and oxygen atoms in total. The molecule has 0 aliphatic carbocycles. The van der Waals surface area contributed by atoms with Crippen LogP contribution >= 0.6 is 0 Å². The van der Waals surface area contributed by atoms with Gasteiger partial charge in [-0.3, -0.25) is 14.5 Å². The highest BCUT2D eigenvalue weighted by molar-refractivity contribution is 6.05. The summed E-state index contributed by atoms with van der Waals surface area (Å²) < 4.78 is 5.24. The zero-order chi connectivity index (χ0) is 15.4. The standard InChI is InChI=1S/C15H26N2O3/c1-9(2)6-11(16)15(19)17-12(7-10(3)4)13(20-5)8-14(17)18/h8-12H,6-7,16H2,1-5H3/t11-,12+/m1/s1. The number of hydrogen-bond donors (Lipinski definition) is 1. The molecular formula is C15H26N2O3. The largest absolute Gasteiger partial charge is 0.499 e. The summed E-state index contributed by atoms with van der Waals surface area (Å²) in [7, 11) is 1.52. The molecule has 2 atom stereocenters. The average molecular weight is 282 g/mol. The number of ether oxygens (including phenoxy) is 1. The lowest BCUT2D eigenvalue weighted by atomic mass is 10.00. The van der Waals surface area contributed by atoms with Crippen molar-refractivity contribution in [3.05, 3.63) is 11.8 Å². The number of carbonyl (C=O) groups is 2. The Bertz CT molecular complexity index is 402. The number of nitrogens with zero attached hydrogens (tertiary/aromatic N) is 1. The normalized spacial score (nSPS) is 20.6. The topological polar surface area (TPSA) is 72.6 Å². The highest BCUT2D eigenvalue weighted by Gasteiger charge is 2.40. The van der Waals surface area contributed by atoms with E-state index in [-0.39, 0.29) is 17.9 Å². The van der Waals surface area contributed by atoms with Crippen LogP contribution in [0.2, 0.25) is 0 Å². The molecule has 0 aromatic rings. The van der Waals surface area contributed by atoms with E-state index in [0.29, 0.717) is 30.4 Å². The molecule has 20 heavy (non-hydrogen) atoms. The molecule has 0 saturated carbocycles. The van der Waals surface area contributed by atoms with Crippen LogP contribution in [0.3, 0.4) is 0 Å². The van der Waals surface area contributed by atoms with Crippen LogP contribution in [0.1, 0.15) is 40.5 Å². The maximum absolute atomic E-state index is 12.4. The summed E-state index contributed by atoms with van der Waals surface area (Å²) in [5.74, 6) is 0.578. The maximum Gasteiger partial charge on any atom is 0.257 e. The Morgan fingerprint density at radius 3 is 2.40 bits per heavy atom. The molecule has 1 rings (SSSR count). The van der Waals surface area contributed by atoms with Crippen LogP contribution in [0.25, 0.3) is 0 Å². The molecule has 114 valence electrons. The summed E-state index contributed by atoms with van der Waals surface area (Å²) in [6.45, 7) is 8.10. The molecule has 0 aromatic carbocycles. The molecular weight excluding hydrogens is 256 g/mol. The van der Waals surface area contributed by atoms with E-state index in [2.05, 4.69) is 0 Å². The second-order valence-corrected chi connectivity index (χ2v) is 6.18. The van der Waals surface area contributed by atoms with Gasteiger partial charge in [-0.25, -0.2) is 0 Å². The fourth-order valence-electron chi connectivity index (χ4n) is 2.48. The Morgan fingerprint density at radius 1 is 1.35 bits per heavy atom. The first kappa shape index (κ1) is 16.7. The number of carbonyl (C=O) groups excluding carboxylic acids is 2. The Morgan fingerprint density at radius 2 is 1.95 bits per heavy atom. The highest BCUT2D eigenvalue weighted by Crippen LogP contribution is 2.27. The van der Waals surface area contributed by atoms with Crippen molar-refractivity contribution in [1.82, 2.24) is 4.90 Å². The van der Waals surface area contributed by atoms with Crippen molar-refractivity contribution in [2.75, 3.05) is 7.11 Å². The van der Waals surface area contributed by atoms with Gasteiger partial charge in [0.05, 0.1) is 19.2 Å². The summed E-state index contributed by atoms with van der Waals surface area (Å²) in [5, 5.41) is 0. The lowest BCUT2D eigenvalue weighted by Crippen LogP contribution is -2.49. The van der Waals surface area contributed by atoms with Gasteiger partial charge < -0.3 is 10.5 Å². The number of imide groups is 1. The van der Waals surface area contributed by atoms with E-state index >= 15 is 0 Å². The van der Waals surface area contributed by atoms with Gasteiger partial charge in [0.2, 0.25) is 5.91 Å².